The number of benzene rings is 1. The van der Waals surface area contributed by atoms with Gasteiger partial charge in [-0.1, -0.05) is 38.1 Å². The molecule has 110 valence electrons. The van der Waals surface area contributed by atoms with E-state index in [0.717, 1.165) is 12.0 Å². The number of hydrogen-bond donors (Lipinski definition) is 2. The lowest BCUT2D eigenvalue weighted by Gasteiger charge is -2.25. The molecular weight excluding hydrogens is 254 g/mol. The molecule has 1 heterocycles. The number of fused-ring (bicyclic) bond motifs is 1. The highest BCUT2D eigenvalue weighted by molar-refractivity contribution is 5.82. The van der Waals surface area contributed by atoms with Gasteiger partial charge in [0.05, 0.1) is 12.7 Å². The van der Waals surface area contributed by atoms with E-state index < -0.39 is 6.10 Å². The van der Waals surface area contributed by atoms with E-state index in [2.05, 4.69) is 5.32 Å². The molecule has 2 atom stereocenters. The number of ether oxygens (including phenoxy) is 1. The Bertz CT molecular complexity index is 459. The van der Waals surface area contributed by atoms with Gasteiger partial charge in [-0.2, -0.15) is 0 Å². The van der Waals surface area contributed by atoms with E-state index in [9.17, 15) is 9.90 Å². The Morgan fingerprint density at radius 1 is 1.45 bits per heavy atom. The van der Waals surface area contributed by atoms with Crippen LogP contribution in [0.3, 0.4) is 0 Å². The van der Waals surface area contributed by atoms with E-state index in [-0.39, 0.29) is 17.9 Å². The first-order valence-corrected chi connectivity index (χ1v) is 7.24. The lowest BCUT2D eigenvalue weighted by atomic mass is 9.97. The summed E-state index contributed by atoms with van der Waals surface area (Å²) in [6.07, 6.45) is 0.523. The molecule has 1 aromatic carbocycles. The molecule has 1 amide bonds. The van der Waals surface area contributed by atoms with E-state index in [1.807, 2.05) is 38.1 Å². The van der Waals surface area contributed by atoms with Gasteiger partial charge in [0.2, 0.25) is 0 Å². The van der Waals surface area contributed by atoms with Gasteiger partial charge in [-0.15, -0.1) is 0 Å². The lowest BCUT2D eigenvalue weighted by Crippen LogP contribution is -2.35. The zero-order valence-electron chi connectivity index (χ0n) is 12.1. The topological polar surface area (TPSA) is 58.6 Å². The number of nitrogens with one attached hydrogen (secondary N) is 1. The second-order valence-electron chi connectivity index (χ2n) is 5.59. The van der Waals surface area contributed by atoms with Gasteiger partial charge in [-0.3, -0.25) is 4.79 Å². The first-order chi connectivity index (χ1) is 9.59. The summed E-state index contributed by atoms with van der Waals surface area (Å²) in [7, 11) is 0. The predicted molar refractivity (Wildman–Crippen MR) is 77.3 cm³/mol. The average Bonchev–Trinajstić information content (AvgIpc) is 2.46. The molecule has 0 aliphatic carbocycles. The van der Waals surface area contributed by atoms with Gasteiger partial charge in [0.25, 0.3) is 5.91 Å². The second-order valence-corrected chi connectivity index (χ2v) is 5.59. The maximum atomic E-state index is 12.2. The molecule has 2 rings (SSSR count). The number of hydrogen-bond acceptors (Lipinski definition) is 3. The van der Waals surface area contributed by atoms with Crippen molar-refractivity contribution in [1.29, 1.82) is 0 Å². The molecule has 0 aromatic heterocycles. The third kappa shape index (κ3) is 3.58. The van der Waals surface area contributed by atoms with Crippen molar-refractivity contribution in [1.82, 2.24) is 5.32 Å². The molecule has 0 radical (unpaired) electrons. The molecule has 0 bridgehead atoms. The van der Waals surface area contributed by atoms with E-state index in [0.29, 0.717) is 19.6 Å². The summed E-state index contributed by atoms with van der Waals surface area (Å²) in [5.74, 6) is 0.0895. The van der Waals surface area contributed by atoms with Gasteiger partial charge in [-0.25, -0.2) is 0 Å². The fraction of sp³-hybridized carbons (Fsp3) is 0.562. The summed E-state index contributed by atoms with van der Waals surface area (Å²) in [5, 5.41) is 12.6. The SMILES string of the molecule is CC(C)C(O)CCNC(=O)C1OCCc2ccccc21. The van der Waals surface area contributed by atoms with Crippen LogP contribution in [0.2, 0.25) is 0 Å². The quantitative estimate of drug-likeness (QED) is 0.863. The highest BCUT2D eigenvalue weighted by Crippen LogP contribution is 2.26. The highest BCUT2D eigenvalue weighted by atomic mass is 16.5. The molecule has 0 saturated heterocycles. The normalized spacial score (nSPS) is 19.5. The van der Waals surface area contributed by atoms with Crippen molar-refractivity contribution < 1.29 is 14.6 Å². The number of amides is 1. The van der Waals surface area contributed by atoms with Gasteiger partial charge in [0.15, 0.2) is 6.10 Å². The molecule has 4 heteroatoms. The molecule has 0 fully saturated rings. The summed E-state index contributed by atoms with van der Waals surface area (Å²) in [6, 6.07) is 7.90. The number of carbonyl (C=O) groups excluding carboxylic acids is 1. The molecule has 20 heavy (non-hydrogen) atoms. The number of aliphatic hydroxyl groups excluding tert-OH is 1. The van der Waals surface area contributed by atoms with E-state index in [4.69, 9.17) is 4.74 Å². The molecule has 4 nitrogen and oxygen atoms in total. The van der Waals surface area contributed by atoms with Crippen molar-refractivity contribution in [3.8, 4) is 0 Å². The van der Waals surface area contributed by atoms with Crippen molar-refractivity contribution >= 4 is 5.91 Å². The van der Waals surface area contributed by atoms with Crippen LogP contribution in [0.15, 0.2) is 24.3 Å². The first-order valence-electron chi connectivity index (χ1n) is 7.24. The zero-order valence-corrected chi connectivity index (χ0v) is 12.1. The molecule has 1 aliphatic heterocycles. The standard InChI is InChI=1S/C16H23NO3/c1-11(2)14(18)7-9-17-16(19)15-13-6-4-3-5-12(13)8-10-20-15/h3-6,11,14-15,18H,7-10H2,1-2H3,(H,17,19). The van der Waals surface area contributed by atoms with Gasteiger partial charge >= 0.3 is 0 Å². The van der Waals surface area contributed by atoms with Gasteiger partial charge in [0.1, 0.15) is 0 Å². The van der Waals surface area contributed by atoms with Crippen molar-refractivity contribution in [2.24, 2.45) is 5.92 Å². The van der Waals surface area contributed by atoms with Gasteiger partial charge in [0, 0.05) is 6.54 Å². The Morgan fingerprint density at radius 2 is 2.20 bits per heavy atom. The van der Waals surface area contributed by atoms with Crippen molar-refractivity contribution in [3.63, 3.8) is 0 Å². The largest absolute Gasteiger partial charge is 0.393 e. The Hall–Kier alpha value is -1.39. The lowest BCUT2D eigenvalue weighted by molar-refractivity contribution is -0.134. The molecular formula is C16H23NO3. The fourth-order valence-electron chi connectivity index (χ4n) is 2.38. The van der Waals surface area contributed by atoms with Crippen LogP contribution in [0, 0.1) is 5.92 Å². The van der Waals surface area contributed by atoms with E-state index in [1.165, 1.54) is 5.56 Å². The van der Waals surface area contributed by atoms with Crippen LogP contribution in [0.4, 0.5) is 0 Å². The molecule has 2 N–H and O–H groups in total. The molecule has 0 spiro atoms. The minimum Gasteiger partial charge on any atom is -0.393 e. The summed E-state index contributed by atoms with van der Waals surface area (Å²) in [6.45, 7) is 4.98. The van der Waals surface area contributed by atoms with E-state index >= 15 is 0 Å². The maximum absolute atomic E-state index is 12.2. The summed E-state index contributed by atoms with van der Waals surface area (Å²) < 4.78 is 5.60. The molecule has 1 aliphatic rings. The van der Waals surface area contributed by atoms with Crippen LogP contribution < -0.4 is 5.32 Å². The number of rotatable bonds is 5. The predicted octanol–water partition coefficient (Wildman–Crippen LogP) is 1.82. The minimum atomic E-state index is -0.517. The van der Waals surface area contributed by atoms with Crippen LogP contribution >= 0.6 is 0 Å². The summed E-state index contributed by atoms with van der Waals surface area (Å²) in [5.41, 5.74) is 2.14. The van der Waals surface area contributed by atoms with Crippen molar-refractivity contribution in [2.75, 3.05) is 13.2 Å². The Balaban J connectivity index is 1.91. The first kappa shape index (κ1) is 15.0. The van der Waals surface area contributed by atoms with E-state index in [1.54, 1.807) is 0 Å². The third-order valence-corrected chi connectivity index (χ3v) is 3.74. The Kier molecular flexibility index (Phi) is 5.15. The number of carbonyl (C=O) groups is 1. The second kappa shape index (κ2) is 6.86. The van der Waals surface area contributed by atoms with Gasteiger partial charge < -0.3 is 15.2 Å². The van der Waals surface area contributed by atoms with Gasteiger partial charge in [-0.05, 0) is 29.9 Å². The van der Waals surface area contributed by atoms with Crippen LogP contribution in [-0.4, -0.2) is 30.3 Å². The maximum Gasteiger partial charge on any atom is 0.253 e. The Labute approximate surface area is 120 Å². The smallest absolute Gasteiger partial charge is 0.253 e. The zero-order chi connectivity index (χ0) is 14.5. The van der Waals surface area contributed by atoms with Crippen molar-refractivity contribution in [3.05, 3.63) is 35.4 Å². The van der Waals surface area contributed by atoms with Crippen LogP contribution in [0.25, 0.3) is 0 Å². The monoisotopic (exact) mass is 277 g/mol. The molecule has 1 aromatic rings. The van der Waals surface area contributed by atoms with Crippen LogP contribution in [0.1, 0.15) is 37.5 Å². The van der Waals surface area contributed by atoms with Crippen LogP contribution in [0.5, 0.6) is 0 Å². The van der Waals surface area contributed by atoms with Crippen molar-refractivity contribution in [2.45, 2.75) is 38.9 Å². The summed E-state index contributed by atoms with van der Waals surface area (Å²) >= 11 is 0. The molecule has 2 unspecified atom stereocenters. The average molecular weight is 277 g/mol. The Morgan fingerprint density at radius 3 is 2.95 bits per heavy atom. The number of aliphatic hydroxyl groups is 1. The summed E-state index contributed by atoms with van der Waals surface area (Å²) in [4.78, 5) is 12.2. The fourth-order valence-corrected chi connectivity index (χ4v) is 2.38. The minimum absolute atomic E-state index is 0.117. The molecule has 0 saturated carbocycles. The third-order valence-electron chi connectivity index (χ3n) is 3.74. The van der Waals surface area contributed by atoms with Crippen LogP contribution in [-0.2, 0) is 16.0 Å². The highest BCUT2D eigenvalue weighted by Gasteiger charge is 2.26.